The summed E-state index contributed by atoms with van der Waals surface area (Å²) in [5.41, 5.74) is 6.17. The molecule has 1 fully saturated rings. The predicted octanol–water partition coefficient (Wildman–Crippen LogP) is 1.16. The van der Waals surface area contributed by atoms with Crippen LogP contribution in [0.5, 0.6) is 0 Å². The highest BCUT2D eigenvalue weighted by atomic mass is 79.9. The molecule has 0 unspecified atom stereocenters. The van der Waals surface area contributed by atoms with Gasteiger partial charge in [-0.2, -0.15) is 0 Å². The lowest BCUT2D eigenvalue weighted by atomic mass is 10.2. The first-order valence-corrected chi connectivity index (χ1v) is 5.51. The molecule has 1 aromatic carbocycles. The Hall–Kier alpha value is -0.580. The highest BCUT2D eigenvalue weighted by Gasteiger charge is 2.13. The van der Waals surface area contributed by atoms with Crippen molar-refractivity contribution in [2.75, 3.05) is 31.2 Å². The Labute approximate surface area is 92.0 Å². The fraction of sp³-hybridized carbons (Fsp3) is 0.400. The van der Waals surface area contributed by atoms with Gasteiger partial charge in [-0.1, -0.05) is 0 Å². The minimum Gasteiger partial charge on any atom is -0.378 e. The van der Waals surface area contributed by atoms with Gasteiger partial charge in [-0.05, 0) is 22.0 Å². The van der Waals surface area contributed by atoms with E-state index in [4.69, 9.17) is 4.74 Å². The van der Waals surface area contributed by atoms with Crippen molar-refractivity contribution >= 4 is 27.3 Å². The summed E-state index contributed by atoms with van der Waals surface area (Å²) < 4.78 is 6.43. The number of morpholine rings is 1. The van der Waals surface area contributed by atoms with Crippen LogP contribution in [-0.4, -0.2) is 26.3 Å². The van der Waals surface area contributed by atoms with Crippen molar-refractivity contribution in [1.29, 1.82) is 0 Å². The largest absolute Gasteiger partial charge is 0.378 e. The number of quaternary nitrogens is 1. The highest BCUT2D eigenvalue weighted by molar-refractivity contribution is 9.10. The quantitative estimate of drug-likeness (QED) is 0.821. The molecule has 0 aromatic heterocycles. The van der Waals surface area contributed by atoms with Crippen molar-refractivity contribution < 1.29 is 10.5 Å². The lowest BCUT2D eigenvalue weighted by Gasteiger charge is -2.29. The van der Waals surface area contributed by atoms with Crippen LogP contribution in [0, 0.1) is 0 Å². The Balaban J connectivity index is 2.22. The van der Waals surface area contributed by atoms with Gasteiger partial charge < -0.3 is 15.4 Å². The lowest BCUT2D eigenvalue weighted by Crippen LogP contribution is -2.40. The molecule has 0 amide bonds. The summed E-state index contributed by atoms with van der Waals surface area (Å²) in [5.74, 6) is 0. The fourth-order valence-corrected chi connectivity index (χ4v) is 2.29. The number of ether oxygens (including phenoxy) is 1. The second-order valence-electron chi connectivity index (χ2n) is 3.39. The standard InChI is InChI=1S/C10H13BrN2O/c11-9-7-8(12)1-2-10(9)13-3-5-14-6-4-13/h1-2,7H,3-6,12H2/p+1. The zero-order chi connectivity index (χ0) is 9.97. The molecule has 2 rings (SSSR count). The van der Waals surface area contributed by atoms with Gasteiger partial charge in [0.05, 0.1) is 18.9 Å². The highest BCUT2D eigenvalue weighted by Crippen LogP contribution is 2.28. The van der Waals surface area contributed by atoms with E-state index in [1.807, 2.05) is 12.1 Å². The number of hydrogen-bond acceptors (Lipinski definition) is 2. The topological polar surface area (TPSA) is 40.1 Å². The predicted molar refractivity (Wildman–Crippen MR) is 59.7 cm³/mol. The van der Waals surface area contributed by atoms with Crippen LogP contribution in [0.3, 0.4) is 0 Å². The average molecular weight is 258 g/mol. The molecule has 3 N–H and O–H groups in total. The Kier molecular flexibility index (Phi) is 3.05. The van der Waals surface area contributed by atoms with Crippen LogP contribution in [0.2, 0.25) is 0 Å². The Morgan fingerprint density at radius 2 is 2.00 bits per heavy atom. The Bertz CT molecular complexity index is 324. The molecule has 1 aliphatic heterocycles. The summed E-state index contributed by atoms with van der Waals surface area (Å²) in [6.45, 7) is 3.57. The molecule has 0 aliphatic carbocycles. The summed E-state index contributed by atoms with van der Waals surface area (Å²) in [5, 5.41) is 0. The first-order chi connectivity index (χ1) is 6.77. The summed E-state index contributed by atoms with van der Waals surface area (Å²) in [6, 6.07) is 6.19. The number of nitrogens with zero attached hydrogens (tertiary/aromatic N) is 1. The van der Waals surface area contributed by atoms with Gasteiger partial charge in [0.25, 0.3) is 0 Å². The van der Waals surface area contributed by atoms with E-state index < -0.39 is 0 Å². The van der Waals surface area contributed by atoms with Crippen molar-refractivity contribution in [2.24, 2.45) is 0 Å². The number of anilines is 1. The van der Waals surface area contributed by atoms with Crippen LogP contribution in [0.4, 0.5) is 11.4 Å². The summed E-state index contributed by atoms with van der Waals surface area (Å²) in [6.07, 6.45) is 0. The van der Waals surface area contributed by atoms with E-state index in [0.29, 0.717) is 0 Å². The van der Waals surface area contributed by atoms with Gasteiger partial charge in [-0.3, -0.25) is 0 Å². The van der Waals surface area contributed by atoms with E-state index in [0.717, 1.165) is 36.5 Å². The van der Waals surface area contributed by atoms with Crippen LogP contribution >= 0.6 is 15.9 Å². The van der Waals surface area contributed by atoms with Gasteiger partial charge in [0.15, 0.2) is 0 Å². The van der Waals surface area contributed by atoms with Crippen LogP contribution in [0.25, 0.3) is 0 Å². The monoisotopic (exact) mass is 257 g/mol. The van der Waals surface area contributed by atoms with E-state index >= 15 is 0 Å². The third kappa shape index (κ3) is 2.08. The molecule has 0 radical (unpaired) electrons. The van der Waals surface area contributed by atoms with E-state index in [1.54, 1.807) is 0 Å². The van der Waals surface area contributed by atoms with Gasteiger partial charge in [-0.15, -0.1) is 0 Å². The maximum atomic E-state index is 5.32. The molecule has 3 nitrogen and oxygen atoms in total. The molecule has 0 atom stereocenters. The fourth-order valence-electron chi connectivity index (χ4n) is 1.61. The summed E-state index contributed by atoms with van der Waals surface area (Å²) in [4.78, 5) is 2.33. The van der Waals surface area contributed by atoms with Crippen molar-refractivity contribution in [3.63, 3.8) is 0 Å². The van der Waals surface area contributed by atoms with E-state index in [1.165, 1.54) is 5.69 Å². The molecule has 1 saturated heterocycles. The van der Waals surface area contributed by atoms with Crippen LogP contribution < -0.4 is 10.6 Å². The smallest absolute Gasteiger partial charge is 0.129 e. The lowest BCUT2D eigenvalue weighted by molar-refractivity contribution is -0.254. The van der Waals surface area contributed by atoms with Crippen LogP contribution in [-0.2, 0) is 4.74 Å². The molecule has 1 aliphatic rings. The van der Waals surface area contributed by atoms with Gasteiger partial charge in [0.1, 0.15) is 5.69 Å². The first-order valence-electron chi connectivity index (χ1n) is 4.71. The Morgan fingerprint density at radius 3 is 2.64 bits per heavy atom. The van der Waals surface area contributed by atoms with Crippen molar-refractivity contribution in [3.05, 3.63) is 22.7 Å². The second kappa shape index (κ2) is 4.29. The molecule has 0 bridgehead atoms. The molecule has 1 heterocycles. The van der Waals surface area contributed by atoms with Crippen LogP contribution in [0.1, 0.15) is 0 Å². The Morgan fingerprint density at radius 1 is 1.29 bits per heavy atom. The maximum absolute atomic E-state index is 5.32. The molecule has 76 valence electrons. The molecule has 4 heteroatoms. The average Bonchev–Trinajstić information content (AvgIpc) is 2.19. The molecule has 14 heavy (non-hydrogen) atoms. The molecular formula is C10H14BrN2O+. The van der Waals surface area contributed by atoms with Gasteiger partial charge in [0, 0.05) is 29.7 Å². The van der Waals surface area contributed by atoms with Crippen molar-refractivity contribution in [2.45, 2.75) is 0 Å². The number of rotatable bonds is 1. The van der Waals surface area contributed by atoms with Crippen molar-refractivity contribution in [1.82, 2.24) is 0 Å². The third-order valence-corrected chi connectivity index (χ3v) is 3.00. The maximum Gasteiger partial charge on any atom is 0.129 e. The molecule has 1 aromatic rings. The minimum absolute atomic E-state index is 0.818. The van der Waals surface area contributed by atoms with E-state index in [2.05, 4.69) is 32.6 Å². The summed E-state index contributed by atoms with van der Waals surface area (Å²) in [7, 11) is 0. The van der Waals surface area contributed by atoms with Crippen molar-refractivity contribution in [3.8, 4) is 0 Å². The number of benzene rings is 1. The summed E-state index contributed by atoms with van der Waals surface area (Å²) >= 11 is 3.56. The van der Waals surface area contributed by atoms with Gasteiger partial charge in [0.2, 0.25) is 0 Å². The third-order valence-electron chi connectivity index (χ3n) is 2.36. The molecule has 0 spiro atoms. The first kappa shape index (κ1) is 9.96. The molecular weight excluding hydrogens is 244 g/mol. The zero-order valence-electron chi connectivity index (χ0n) is 8.00. The molecule has 0 saturated carbocycles. The van der Waals surface area contributed by atoms with Crippen LogP contribution in [0.15, 0.2) is 22.7 Å². The van der Waals surface area contributed by atoms with Gasteiger partial charge >= 0.3 is 0 Å². The number of hydrogen-bond donors (Lipinski definition) is 1. The van der Waals surface area contributed by atoms with E-state index in [-0.39, 0.29) is 0 Å². The van der Waals surface area contributed by atoms with E-state index in [9.17, 15) is 0 Å². The normalized spacial score (nSPS) is 17.1. The minimum atomic E-state index is 0.818. The van der Waals surface area contributed by atoms with Gasteiger partial charge in [-0.25, -0.2) is 0 Å². The SMILES string of the molecule is [NH3+]c1ccc(N2CCOCC2)c(Br)c1. The second-order valence-corrected chi connectivity index (χ2v) is 4.24. The number of halogens is 1. The zero-order valence-corrected chi connectivity index (χ0v) is 9.59.